The zero-order valence-corrected chi connectivity index (χ0v) is 8.36. The molecule has 0 aliphatic carbocycles. The molecule has 0 saturated carbocycles. The van der Waals surface area contributed by atoms with E-state index < -0.39 is 0 Å². The normalized spacial score (nSPS) is 4.00. The molecule has 0 radical (unpaired) electrons. The predicted octanol–water partition coefficient (Wildman–Crippen LogP) is -0.228. The van der Waals surface area contributed by atoms with E-state index in [1.165, 1.54) is 0 Å². The first-order valence-electron chi connectivity index (χ1n) is 0.697. The van der Waals surface area contributed by atoms with Crippen LogP contribution in [0, 0.1) is 0 Å². The number of hydrogen-bond donors (Lipinski definition) is 1. The summed E-state index contributed by atoms with van der Waals surface area (Å²) in [6, 6.07) is 0. The van der Waals surface area contributed by atoms with Crippen LogP contribution >= 0.6 is 12.2 Å². The van der Waals surface area contributed by atoms with E-state index in [1.807, 2.05) is 0 Å². The average molecular weight is 284 g/mol. The van der Waals surface area contributed by atoms with Crippen molar-refractivity contribution in [3.05, 3.63) is 0 Å². The smallest absolute Gasteiger partial charge is 0 e. The molecule has 0 heterocycles. The molecule has 5 heteroatoms. The topological polar surface area (TPSA) is 26.0 Å². The van der Waals surface area contributed by atoms with Crippen LogP contribution in [-0.2, 0) is 54.8 Å². The molecule has 0 amide bonds. The minimum absolute atomic E-state index is 0. The second kappa shape index (κ2) is 9.70. The molecule has 0 aromatic carbocycles. The van der Waals surface area contributed by atoms with Crippen LogP contribution in [-0.4, -0.2) is 4.32 Å². The van der Waals surface area contributed by atoms with Gasteiger partial charge in [0.2, 0.25) is 0 Å². The van der Waals surface area contributed by atoms with Crippen LogP contribution in [0.1, 0.15) is 0 Å². The second-order valence-electron chi connectivity index (χ2n) is 0.319. The van der Waals surface area contributed by atoms with Gasteiger partial charge in [0.05, 0.1) is 0 Å². The first-order chi connectivity index (χ1) is 1.73. The molecular weight excluding hydrogens is 282 g/mol. The van der Waals surface area contributed by atoms with Crippen LogP contribution in [0.2, 0.25) is 0 Å². The van der Waals surface area contributed by atoms with Crippen molar-refractivity contribution in [3.63, 3.8) is 0 Å². The van der Waals surface area contributed by atoms with Crippen molar-refractivity contribution < 1.29 is 42.1 Å². The van der Waals surface area contributed by atoms with E-state index in [0.29, 0.717) is 0 Å². The van der Waals surface area contributed by atoms with Crippen LogP contribution < -0.4 is 5.73 Å². The van der Waals surface area contributed by atoms with Gasteiger partial charge < -0.3 is 30.6 Å². The zero-order chi connectivity index (χ0) is 3.58. The molecule has 0 aliphatic heterocycles. The van der Waals surface area contributed by atoms with Crippen molar-refractivity contribution in [3.8, 4) is 0 Å². The quantitative estimate of drug-likeness (QED) is 0.378. The molecule has 0 atom stereocenters. The monoisotopic (exact) mass is 288 g/mol. The van der Waals surface area contributed by atoms with Crippen molar-refractivity contribution in [1.82, 2.24) is 0 Å². The van der Waals surface area contributed by atoms with Gasteiger partial charge in [-0.05, 0) is 0 Å². The van der Waals surface area contributed by atoms with Gasteiger partial charge >= 0.3 is 0 Å². The Kier molecular flexibility index (Phi) is 25.3. The Bertz CT molecular complexity index is 34.5. The first-order valence-corrected chi connectivity index (χ1v) is 1.51. The van der Waals surface area contributed by atoms with Gasteiger partial charge in [-0.1, -0.05) is 4.32 Å². The van der Waals surface area contributed by atoms with Crippen LogP contribution in [0.15, 0.2) is 0 Å². The van der Waals surface area contributed by atoms with Gasteiger partial charge in [0, 0.05) is 42.1 Å². The van der Waals surface area contributed by atoms with Crippen LogP contribution in [0.3, 0.4) is 0 Å². The summed E-state index contributed by atoms with van der Waals surface area (Å²) in [6.45, 7) is 0. The Hall–Kier alpha value is 1.49. The fourth-order valence-corrected chi connectivity index (χ4v) is 0. The van der Waals surface area contributed by atoms with E-state index in [9.17, 15) is 0 Å². The van der Waals surface area contributed by atoms with Crippen LogP contribution in [0.4, 0.5) is 0 Å². The summed E-state index contributed by atoms with van der Waals surface area (Å²) in [6.07, 6.45) is 0. The maximum absolute atomic E-state index is 4.66. The van der Waals surface area contributed by atoms with Crippen molar-refractivity contribution in [2.24, 2.45) is 5.73 Å². The molecule has 1 nitrogen and oxygen atoms in total. The van der Waals surface area contributed by atoms with Crippen LogP contribution in [0.5, 0.6) is 0 Å². The van der Waals surface area contributed by atoms with Gasteiger partial charge in [-0.2, -0.15) is 0 Å². The molecule has 0 spiro atoms. The molecule has 36 valence electrons. The standard InChI is InChI=1S/CH3NS2.2Mo/c2-1(3)4;;/h(H3,2,3,4);;/p-1. The Morgan fingerprint density at radius 2 is 1.50 bits per heavy atom. The minimum Gasteiger partial charge on any atom is -0.415 e. The third-order valence-corrected chi connectivity index (χ3v) is 0. The fraction of sp³-hybridized carbons (Fsp3) is 0. The summed E-state index contributed by atoms with van der Waals surface area (Å²) in [5, 5.41) is 0. The molecule has 0 rings (SSSR count). The summed E-state index contributed by atoms with van der Waals surface area (Å²) >= 11 is 8.26. The number of thiocarbonyl (C=S) groups is 1. The minimum atomic E-state index is 0. The Labute approximate surface area is 76.4 Å². The molecule has 6 heavy (non-hydrogen) atoms. The van der Waals surface area contributed by atoms with E-state index in [2.05, 4.69) is 30.6 Å². The van der Waals surface area contributed by atoms with Gasteiger partial charge in [-0.25, -0.2) is 0 Å². The molecule has 0 aliphatic rings. The molecule has 0 aromatic rings. The van der Waals surface area contributed by atoms with E-state index in [4.69, 9.17) is 0 Å². The molecule has 0 unspecified atom stereocenters. The van der Waals surface area contributed by atoms with E-state index in [0.717, 1.165) is 0 Å². The molecule has 2 N–H and O–H groups in total. The predicted molar refractivity (Wildman–Crippen MR) is 24.2 cm³/mol. The fourth-order valence-electron chi connectivity index (χ4n) is 0. The summed E-state index contributed by atoms with van der Waals surface area (Å²) in [7, 11) is 0. The average Bonchev–Trinajstić information content (AvgIpc) is 0.811. The molecule has 0 aromatic heterocycles. The van der Waals surface area contributed by atoms with Gasteiger partial charge in [0.1, 0.15) is 0 Å². The van der Waals surface area contributed by atoms with Crippen molar-refractivity contribution in [2.75, 3.05) is 0 Å². The Balaban J connectivity index is -0.0000000450. The molecule has 0 bridgehead atoms. The maximum Gasteiger partial charge on any atom is 0 e. The summed E-state index contributed by atoms with van der Waals surface area (Å²) in [5.74, 6) is 0. The maximum atomic E-state index is 4.66. The summed E-state index contributed by atoms with van der Waals surface area (Å²) in [5.41, 5.74) is 4.66. The largest absolute Gasteiger partial charge is 0.415 e. The number of hydrogen-bond acceptors (Lipinski definition) is 2. The number of rotatable bonds is 0. The summed E-state index contributed by atoms with van der Waals surface area (Å²) < 4.78 is 0.0833. The third kappa shape index (κ3) is 50.0. The van der Waals surface area contributed by atoms with Crippen LogP contribution in [0.25, 0.3) is 0 Å². The van der Waals surface area contributed by atoms with E-state index in [1.54, 1.807) is 0 Å². The first kappa shape index (κ1) is 15.6. The zero-order valence-electron chi connectivity index (χ0n) is 2.71. The third-order valence-electron chi connectivity index (χ3n) is 0. The summed E-state index contributed by atoms with van der Waals surface area (Å²) in [4.78, 5) is 0. The van der Waals surface area contributed by atoms with Gasteiger partial charge in [-0.15, -0.1) is 0 Å². The Morgan fingerprint density at radius 1 is 1.50 bits per heavy atom. The molecular formula is CH2Mo2NS2-. The SMILES string of the molecule is NC(=S)[S-].[Mo].[Mo]. The van der Waals surface area contributed by atoms with E-state index >= 15 is 0 Å². The van der Waals surface area contributed by atoms with Gasteiger partial charge in [-0.3, -0.25) is 0 Å². The van der Waals surface area contributed by atoms with Gasteiger partial charge in [0.15, 0.2) is 0 Å². The van der Waals surface area contributed by atoms with E-state index in [-0.39, 0.29) is 46.5 Å². The van der Waals surface area contributed by atoms with Crippen molar-refractivity contribution in [1.29, 1.82) is 0 Å². The molecule has 0 saturated heterocycles. The van der Waals surface area contributed by atoms with Gasteiger partial charge in [0.25, 0.3) is 0 Å². The Morgan fingerprint density at radius 3 is 1.50 bits per heavy atom. The van der Waals surface area contributed by atoms with Crippen molar-refractivity contribution >= 4 is 29.2 Å². The molecule has 0 fully saturated rings. The number of nitrogens with two attached hydrogens (primary N) is 1. The second-order valence-corrected chi connectivity index (χ2v) is 1.46. The van der Waals surface area contributed by atoms with Crippen molar-refractivity contribution in [2.45, 2.75) is 0 Å².